The Bertz CT molecular complexity index is 661. The molecule has 0 N–H and O–H groups in total. The fourth-order valence-corrected chi connectivity index (χ4v) is 3.35. The zero-order valence-electron chi connectivity index (χ0n) is 12.6. The molecule has 1 aliphatic heterocycles. The Hall–Kier alpha value is -1.56. The van der Waals surface area contributed by atoms with Gasteiger partial charge in [0, 0.05) is 35.4 Å². The Kier molecular flexibility index (Phi) is 4.66. The largest absolute Gasteiger partial charge is 0.368 e. The molecule has 0 atom stereocenters. The predicted octanol–water partition coefficient (Wildman–Crippen LogP) is 3.56. The maximum Gasteiger partial charge on any atom is 0.255 e. The first kappa shape index (κ1) is 15.3. The lowest BCUT2D eigenvalue weighted by Gasteiger charge is -2.36. The van der Waals surface area contributed by atoms with Crippen molar-refractivity contribution in [2.75, 3.05) is 31.1 Å². The zero-order valence-corrected chi connectivity index (χ0v) is 14.8. The second-order valence-corrected chi connectivity index (χ2v) is 6.76. The fourth-order valence-electron chi connectivity index (χ4n) is 2.73. The van der Waals surface area contributed by atoms with Crippen LogP contribution in [0.5, 0.6) is 0 Å². The van der Waals surface area contributed by atoms with Gasteiger partial charge in [-0.25, -0.2) is 0 Å². The highest BCUT2D eigenvalue weighted by Gasteiger charge is 2.23. The molecular weight excluding hydrogens is 387 g/mol. The SMILES string of the molecule is Cc1ccc(N2CCN(C(=O)c3ccccc3I)CC2)cc1. The lowest BCUT2D eigenvalue weighted by Crippen LogP contribution is -2.49. The van der Waals surface area contributed by atoms with Crippen LogP contribution in [0.1, 0.15) is 15.9 Å². The van der Waals surface area contributed by atoms with E-state index >= 15 is 0 Å². The van der Waals surface area contributed by atoms with E-state index in [-0.39, 0.29) is 5.91 Å². The minimum atomic E-state index is 0.147. The first-order valence-corrected chi connectivity index (χ1v) is 8.58. The summed E-state index contributed by atoms with van der Waals surface area (Å²) in [7, 11) is 0. The van der Waals surface area contributed by atoms with E-state index in [9.17, 15) is 4.79 Å². The molecule has 0 radical (unpaired) electrons. The van der Waals surface area contributed by atoms with Gasteiger partial charge in [-0.2, -0.15) is 0 Å². The van der Waals surface area contributed by atoms with Crippen LogP contribution >= 0.6 is 22.6 Å². The van der Waals surface area contributed by atoms with Crippen LogP contribution in [0.15, 0.2) is 48.5 Å². The van der Waals surface area contributed by atoms with E-state index in [0.717, 1.165) is 35.3 Å². The molecule has 0 aromatic heterocycles. The maximum absolute atomic E-state index is 12.6. The molecule has 2 aromatic carbocycles. The van der Waals surface area contributed by atoms with Crippen LogP contribution in [-0.4, -0.2) is 37.0 Å². The number of nitrogens with zero attached hydrogens (tertiary/aromatic N) is 2. The van der Waals surface area contributed by atoms with Gasteiger partial charge in [-0.15, -0.1) is 0 Å². The van der Waals surface area contributed by atoms with Gasteiger partial charge in [-0.05, 0) is 53.8 Å². The molecule has 1 amide bonds. The van der Waals surface area contributed by atoms with Gasteiger partial charge in [0.2, 0.25) is 0 Å². The zero-order chi connectivity index (χ0) is 15.5. The van der Waals surface area contributed by atoms with Crippen LogP contribution in [0.4, 0.5) is 5.69 Å². The number of carbonyl (C=O) groups excluding carboxylic acids is 1. The third-order valence-corrected chi connectivity index (χ3v) is 5.01. The van der Waals surface area contributed by atoms with Gasteiger partial charge in [-0.3, -0.25) is 4.79 Å². The molecule has 1 fully saturated rings. The van der Waals surface area contributed by atoms with Crippen LogP contribution in [0.3, 0.4) is 0 Å². The van der Waals surface area contributed by atoms with E-state index in [2.05, 4.69) is 58.7 Å². The first-order valence-electron chi connectivity index (χ1n) is 7.50. The fraction of sp³-hybridized carbons (Fsp3) is 0.278. The van der Waals surface area contributed by atoms with Gasteiger partial charge in [0.15, 0.2) is 0 Å². The van der Waals surface area contributed by atoms with Crippen molar-refractivity contribution in [2.45, 2.75) is 6.92 Å². The molecule has 0 unspecified atom stereocenters. The molecule has 1 heterocycles. The molecule has 22 heavy (non-hydrogen) atoms. The molecule has 0 saturated carbocycles. The van der Waals surface area contributed by atoms with Crippen molar-refractivity contribution >= 4 is 34.2 Å². The Morgan fingerprint density at radius 2 is 1.59 bits per heavy atom. The van der Waals surface area contributed by atoms with E-state index in [4.69, 9.17) is 0 Å². The topological polar surface area (TPSA) is 23.6 Å². The van der Waals surface area contributed by atoms with Gasteiger partial charge in [-0.1, -0.05) is 29.8 Å². The molecule has 2 aromatic rings. The minimum Gasteiger partial charge on any atom is -0.368 e. The summed E-state index contributed by atoms with van der Waals surface area (Å²) in [6.45, 7) is 5.42. The van der Waals surface area contributed by atoms with Crippen molar-refractivity contribution in [3.8, 4) is 0 Å². The number of benzene rings is 2. The average Bonchev–Trinajstić information content (AvgIpc) is 2.56. The quantitative estimate of drug-likeness (QED) is 0.713. The smallest absolute Gasteiger partial charge is 0.255 e. The summed E-state index contributed by atoms with van der Waals surface area (Å²) in [5, 5.41) is 0. The molecule has 0 aliphatic carbocycles. The molecule has 1 saturated heterocycles. The number of hydrogen-bond donors (Lipinski definition) is 0. The summed E-state index contributed by atoms with van der Waals surface area (Å²) in [5.41, 5.74) is 3.33. The lowest BCUT2D eigenvalue weighted by atomic mass is 10.1. The van der Waals surface area contributed by atoms with Crippen molar-refractivity contribution in [3.05, 3.63) is 63.2 Å². The second-order valence-electron chi connectivity index (χ2n) is 5.59. The van der Waals surface area contributed by atoms with Crippen molar-refractivity contribution < 1.29 is 4.79 Å². The van der Waals surface area contributed by atoms with Crippen LogP contribution in [0, 0.1) is 10.5 Å². The van der Waals surface area contributed by atoms with Crippen molar-refractivity contribution in [3.63, 3.8) is 0 Å². The summed E-state index contributed by atoms with van der Waals surface area (Å²) < 4.78 is 1.02. The predicted molar refractivity (Wildman–Crippen MR) is 98.5 cm³/mol. The molecule has 0 bridgehead atoms. The molecule has 3 nitrogen and oxygen atoms in total. The van der Waals surface area contributed by atoms with Gasteiger partial charge >= 0.3 is 0 Å². The Morgan fingerprint density at radius 1 is 0.955 bits per heavy atom. The van der Waals surface area contributed by atoms with Crippen LogP contribution in [-0.2, 0) is 0 Å². The van der Waals surface area contributed by atoms with Gasteiger partial charge < -0.3 is 9.80 Å². The third-order valence-electron chi connectivity index (χ3n) is 4.07. The number of halogens is 1. The van der Waals surface area contributed by atoms with E-state index in [1.807, 2.05) is 29.2 Å². The monoisotopic (exact) mass is 406 g/mol. The Labute approximate surface area is 145 Å². The lowest BCUT2D eigenvalue weighted by molar-refractivity contribution is 0.0745. The van der Waals surface area contributed by atoms with Gasteiger partial charge in [0.1, 0.15) is 0 Å². The van der Waals surface area contributed by atoms with Crippen molar-refractivity contribution in [2.24, 2.45) is 0 Å². The molecular formula is C18H19IN2O. The first-order chi connectivity index (χ1) is 10.6. The molecule has 114 valence electrons. The molecule has 1 aliphatic rings. The normalized spacial score (nSPS) is 15.0. The van der Waals surface area contributed by atoms with Gasteiger partial charge in [0.25, 0.3) is 5.91 Å². The average molecular weight is 406 g/mol. The maximum atomic E-state index is 12.6. The summed E-state index contributed by atoms with van der Waals surface area (Å²) in [4.78, 5) is 16.9. The number of piperazine rings is 1. The summed E-state index contributed by atoms with van der Waals surface area (Å²) in [5.74, 6) is 0.147. The summed E-state index contributed by atoms with van der Waals surface area (Å²) >= 11 is 2.23. The van der Waals surface area contributed by atoms with E-state index in [1.165, 1.54) is 11.3 Å². The number of hydrogen-bond acceptors (Lipinski definition) is 2. The van der Waals surface area contributed by atoms with Crippen molar-refractivity contribution in [1.82, 2.24) is 4.90 Å². The van der Waals surface area contributed by atoms with Crippen LogP contribution in [0.2, 0.25) is 0 Å². The number of aryl methyl sites for hydroxylation is 1. The minimum absolute atomic E-state index is 0.147. The summed E-state index contributed by atoms with van der Waals surface area (Å²) in [6, 6.07) is 16.4. The van der Waals surface area contributed by atoms with Crippen molar-refractivity contribution in [1.29, 1.82) is 0 Å². The Morgan fingerprint density at radius 3 is 2.23 bits per heavy atom. The highest BCUT2D eigenvalue weighted by Crippen LogP contribution is 2.19. The van der Waals surface area contributed by atoms with Gasteiger partial charge in [0.05, 0.1) is 5.56 Å². The number of amides is 1. The molecule has 3 rings (SSSR count). The number of carbonyl (C=O) groups is 1. The molecule has 4 heteroatoms. The Balaban J connectivity index is 1.65. The second kappa shape index (κ2) is 6.69. The number of rotatable bonds is 2. The highest BCUT2D eigenvalue weighted by atomic mass is 127. The van der Waals surface area contributed by atoms with E-state index in [0.29, 0.717) is 0 Å². The van der Waals surface area contributed by atoms with Crippen LogP contribution in [0.25, 0.3) is 0 Å². The number of anilines is 1. The molecule has 0 spiro atoms. The third kappa shape index (κ3) is 3.27. The highest BCUT2D eigenvalue weighted by molar-refractivity contribution is 14.1. The summed E-state index contributed by atoms with van der Waals surface area (Å²) in [6.07, 6.45) is 0. The standard InChI is InChI=1S/C18H19IN2O/c1-14-6-8-15(9-7-14)20-10-12-21(13-11-20)18(22)16-4-2-3-5-17(16)19/h2-9H,10-13H2,1H3. The van der Waals surface area contributed by atoms with E-state index < -0.39 is 0 Å². The van der Waals surface area contributed by atoms with E-state index in [1.54, 1.807) is 0 Å². The van der Waals surface area contributed by atoms with Crippen LogP contribution < -0.4 is 4.90 Å².